The second kappa shape index (κ2) is 9.63. The largest absolute Gasteiger partial charge is 0.415 e. The first-order valence-electron chi connectivity index (χ1n) is 8.55. The number of Topliss-reactive ketones (excluding diaryl/α,β-unsaturated/α-hetero) is 1. The smallest absolute Gasteiger partial charge is 0.200 e. The van der Waals surface area contributed by atoms with E-state index in [1.807, 2.05) is 6.92 Å². The number of ketones is 1. The van der Waals surface area contributed by atoms with Gasteiger partial charge in [0.05, 0.1) is 6.10 Å². The Hall–Kier alpha value is -0.453. The minimum atomic E-state index is -1.92. The van der Waals surface area contributed by atoms with Crippen molar-refractivity contribution in [3.8, 4) is 0 Å². The van der Waals surface area contributed by atoms with Crippen LogP contribution in [0.3, 0.4) is 0 Å². The quantitative estimate of drug-likeness (QED) is 0.441. The van der Waals surface area contributed by atoms with Gasteiger partial charge >= 0.3 is 0 Å². The predicted molar refractivity (Wildman–Crippen MR) is 96.6 cm³/mol. The average molecular weight is 329 g/mol. The topological polar surface area (TPSA) is 46.5 Å². The molecule has 0 heterocycles. The van der Waals surface area contributed by atoms with E-state index in [9.17, 15) is 9.90 Å². The van der Waals surface area contributed by atoms with E-state index in [0.29, 0.717) is 29.7 Å². The van der Waals surface area contributed by atoms with Crippen molar-refractivity contribution in [2.24, 2.45) is 5.92 Å². The molecule has 0 radical (unpaired) electrons. The fourth-order valence-electron chi connectivity index (χ4n) is 3.57. The highest BCUT2D eigenvalue weighted by Crippen LogP contribution is 2.42. The van der Waals surface area contributed by atoms with Crippen molar-refractivity contribution in [3.63, 3.8) is 0 Å². The molecule has 0 saturated carbocycles. The molecular formula is C18H36O3Si. The van der Waals surface area contributed by atoms with Crippen molar-refractivity contribution >= 4 is 14.1 Å². The molecule has 0 aliphatic rings. The lowest BCUT2D eigenvalue weighted by atomic mass is 10.0. The van der Waals surface area contributed by atoms with E-state index in [2.05, 4.69) is 48.1 Å². The molecule has 0 unspecified atom stereocenters. The molecule has 0 rings (SSSR count). The molecule has 0 bridgehead atoms. The summed E-state index contributed by atoms with van der Waals surface area (Å²) >= 11 is 0. The fourth-order valence-corrected chi connectivity index (χ4v) is 9.11. The zero-order chi connectivity index (χ0) is 17.5. The van der Waals surface area contributed by atoms with Gasteiger partial charge in [0.15, 0.2) is 8.32 Å². The van der Waals surface area contributed by atoms with Crippen LogP contribution in [0.1, 0.15) is 61.3 Å². The number of hydrogen-bond donors (Lipinski definition) is 1. The van der Waals surface area contributed by atoms with Gasteiger partial charge in [0.2, 0.25) is 0 Å². The Balaban J connectivity index is 4.78. The van der Waals surface area contributed by atoms with Gasteiger partial charge in [-0.15, -0.1) is 6.58 Å². The van der Waals surface area contributed by atoms with Crippen LogP contribution in [-0.4, -0.2) is 31.9 Å². The minimum Gasteiger partial charge on any atom is -0.415 e. The number of aliphatic hydroxyl groups is 1. The first-order chi connectivity index (χ1) is 10.1. The van der Waals surface area contributed by atoms with Gasteiger partial charge < -0.3 is 9.53 Å². The van der Waals surface area contributed by atoms with E-state index in [1.54, 1.807) is 6.08 Å². The zero-order valence-corrected chi connectivity index (χ0v) is 16.6. The molecule has 0 aliphatic carbocycles. The SMILES string of the molecule is C=CC[C@@H](O)CC(=O)[C@H](C)CO[Si](C(C)C)(C(C)C)C(C)C. The van der Waals surface area contributed by atoms with Crippen molar-refractivity contribution in [2.45, 2.75) is 84.0 Å². The van der Waals surface area contributed by atoms with Gasteiger partial charge in [0.25, 0.3) is 0 Å². The Labute approximate surface area is 138 Å². The van der Waals surface area contributed by atoms with E-state index in [1.165, 1.54) is 0 Å². The third-order valence-corrected chi connectivity index (χ3v) is 10.8. The number of aliphatic hydroxyl groups excluding tert-OH is 1. The van der Waals surface area contributed by atoms with Gasteiger partial charge in [-0.1, -0.05) is 54.5 Å². The number of carbonyl (C=O) groups is 1. The Kier molecular flexibility index (Phi) is 9.44. The highest BCUT2D eigenvalue weighted by atomic mass is 28.4. The molecular weight excluding hydrogens is 292 g/mol. The summed E-state index contributed by atoms with van der Waals surface area (Å²) in [5.74, 6) is -0.0869. The Morgan fingerprint density at radius 3 is 1.91 bits per heavy atom. The van der Waals surface area contributed by atoms with E-state index in [0.717, 1.165) is 0 Å². The van der Waals surface area contributed by atoms with Gasteiger partial charge in [-0.05, 0) is 23.0 Å². The molecule has 0 amide bonds. The molecule has 4 heteroatoms. The molecule has 0 spiro atoms. The molecule has 0 fully saturated rings. The van der Waals surface area contributed by atoms with Gasteiger partial charge in [0.1, 0.15) is 5.78 Å². The third-order valence-electron chi connectivity index (χ3n) is 4.72. The fraction of sp³-hybridized carbons (Fsp3) is 0.833. The Morgan fingerprint density at radius 1 is 1.09 bits per heavy atom. The second-order valence-electron chi connectivity index (χ2n) is 7.38. The highest BCUT2D eigenvalue weighted by molar-refractivity contribution is 6.77. The lowest BCUT2D eigenvalue weighted by molar-refractivity contribution is -0.125. The summed E-state index contributed by atoms with van der Waals surface area (Å²) in [4.78, 5) is 12.2. The van der Waals surface area contributed by atoms with Crippen LogP contribution in [0.5, 0.6) is 0 Å². The maximum Gasteiger partial charge on any atom is 0.200 e. The van der Waals surface area contributed by atoms with Crippen molar-refractivity contribution in [1.29, 1.82) is 0 Å². The van der Waals surface area contributed by atoms with Gasteiger partial charge in [-0.2, -0.15) is 0 Å². The number of carbonyl (C=O) groups excluding carboxylic acids is 1. The van der Waals surface area contributed by atoms with Crippen LogP contribution in [-0.2, 0) is 9.22 Å². The predicted octanol–water partition coefficient (Wildman–Crippen LogP) is 4.71. The zero-order valence-electron chi connectivity index (χ0n) is 15.6. The van der Waals surface area contributed by atoms with Crippen molar-refractivity contribution in [1.82, 2.24) is 0 Å². The lowest BCUT2D eigenvalue weighted by Crippen LogP contribution is -2.49. The Morgan fingerprint density at radius 2 is 1.55 bits per heavy atom. The van der Waals surface area contributed by atoms with E-state index in [-0.39, 0.29) is 18.1 Å². The summed E-state index contributed by atoms with van der Waals surface area (Å²) in [6.45, 7) is 19.4. The summed E-state index contributed by atoms with van der Waals surface area (Å²) in [6, 6.07) is 0. The minimum absolute atomic E-state index is 0.0773. The average Bonchev–Trinajstić information content (AvgIpc) is 2.37. The van der Waals surface area contributed by atoms with E-state index < -0.39 is 14.4 Å². The van der Waals surface area contributed by atoms with Crippen LogP contribution in [0.25, 0.3) is 0 Å². The van der Waals surface area contributed by atoms with Gasteiger partial charge in [0, 0.05) is 18.9 Å². The van der Waals surface area contributed by atoms with Crippen molar-refractivity contribution < 1.29 is 14.3 Å². The van der Waals surface area contributed by atoms with Gasteiger partial charge in [-0.3, -0.25) is 4.79 Å². The van der Waals surface area contributed by atoms with Crippen LogP contribution in [0.15, 0.2) is 12.7 Å². The van der Waals surface area contributed by atoms with Crippen LogP contribution in [0.4, 0.5) is 0 Å². The number of hydrogen-bond acceptors (Lipinski definition) is 3. The van der Waals surface area contributed by atoms with Crippen LogP contribution in [0.2, 0.25) is 16.6 Å². The van der Waals surface area contributed by atoms with Crippen LogP contribution < -0.4 is 0 Å². The standard InChI is InChI=1S/C18H36O3Si/c1-9-10-17(19)11-18(20)16(8)12-21-22(13(2)3,14(4)5)15(6)7/h9,13-17,19H,1,10-12H2,2-8H3/t16-,17-/m1/s1. The Bertz CT molecular complexity index is 328. The first-order valence-corrected chi connectivity index (χ1v) is 10.7. The number of rotatable bonds is 11. The van der Waals surface area contributed by atoms with Crippen LogP contribution in [0, 0.1) is 5.92 Å². The molecule has 1 N–H and O–H groups in total. The monoisotopic (exact) mass is 328 g/mol. The summed E-state index contributed by atoms with van der Waals surface area (Å²) in [5.41, 5.74) is 1.54. The molecule has 0 saturated heterocycles. The lowest BCUT2D eigenvalue weighted by Gasteiger charge is -2.42. The molecule has 0 aromatic heterocycles. The maximum atomic E-state index is 12.2. The first kappa shape index (κ1) is 21.5. The van der Waals surface area contributed by atoms with Crippen molar-refractivity contribution in [2.75, 3.05) is 6.61 Å². The molecule has 0 aromatic rings. The highest BCUT2D eigenvalue weighted by Gasteiger charge is 2.45. The summed E-state index contributed by atoms with van der Waals surface area (Å²) in [5, 5.41) is 9.74. The summed E-state index contributed by atoms with van der Waals surface area (Å²) < 4.78 is 6.45. The molecule has 2 atom stereocenters. The second-order valence-corrected chi connectivity index (χ2v) is 12.8. The summed E-state index contributed by atoms with van der Waals surface area (Å²) in [6.07, 6.45) is 1.68. The molecule has 130 valence electrons. The molecule has 0 aliphatic heterocycles. The molecule has 3 nitrogen and oxygen atoms in total. The third kappa shape index (κ3) is 5.63. The molecule has 0 aromatic carbocycles. The van der Waals surface area contributed by atoms with E-state index >= 15 is 0 Å². The van der Waals surface area contributed by atoms with Gasteiger partial charge in [-0.25, -0.2) is 0 Å². The maximum absolute atomic E-state index is 12.2. The summed E-state index contributed by atoms with van der Waals surface area (Å²) in [7, 11) is -1.92. The van der Waals surface area contributed by atoms with Crippen molar-refractivity contribution in [3.05, 3.63) is 12.7 Å². The molecule has 22 heavy (non-hydrogen) atoms. The van der Waals surface area contributed by atoms with E-state index in [4.69, 9.17) is 4.43 Å². The normalized spacial score (nSPS) is 15.4. The van der Waals surface area contributed by atoms with Crippen LogP contribution >= 0.6 is 0 Å².